The summed E-state index contributed by atoms with van der Waals surface area (Å²) >= 11 is 0. The first-order valence-corrected chi connectivity index (χ1v) is 9.16. The smallest absolute Gasteiger partial charge is 0.221 e. The van der Waals surface area contributed by atoms with Gasteiger partial charge in [-0.25, -0.2) is 0 Å². The third-order valence-corrected chi connectivity index (χ3v) is 8.40. The second-order valence-corrected chi connectivity index (χ2v) is 8.90. The Morgan fingerprint density at radius 1 is 1.06 bits per heavy atom. The molecule has 0 fully saturated rings. The van der Waals surface area contributed by atoms with Crippen LogP contribution in [-0.2, 0) is 16.0 Å². The highest BCUT2D eigenvalue weighted by Crippen LogP contribution is 2.41. The first-order chi connectivity index (χ1) is 7.75. The van der Waals surface area contributed by atoms with E-state index < -0.39 is 0 Å². The van der Waals surface area contributed by atoms with Crippen LogP contribution in [0.1, 0.15) is 4.88 Å². The molecule has 0 saturated carbocycles. The Bertz CT molecular complexity index is 527. The fourth-order valence-electron chi connectivity index (χ4n) is 1.48. The van der Waals surface area contributed by atoms with E-state index >= 15 is 0 Å². The van der Waals surface area contributed by atoms with Gasteiger partial charge in [-0.3, -0.25) is 9.59 Å². The predicted octanol–water partition coefficient (Wildman–Crippen LogP) is 2.95. The molecule has 2 aliphatic rings. The van der Waals surface area contributed by atoms with Gasteiger partial charge in [-0.1, -0.05) is 10.3 Å². The average Bonchev–Trinajstić information content (AvgIpc) is 2.32. The largest absolute Gasteiger partial charge is 0.440 e. The van der Waals surface area contributed by atoms with E-state index in [1.54, 1.807) is 29.0 Å². The van der Waals surface area contributed by atoms with Gasteiger partial charge in [0.25, 0.3) is 0 Å². The molecule has 0 radical (unpaired) electrons. The Kier molecular flexibility index (Phi) is 2.55. The summed E-state index contributed by atoms with van der Waals surface area (Å²) in [6.07, 6.45) is 3.11. The third kappa shape index (κ3) is 1.60. The van der Waals surface area contributed by atoms with E-state index in [1.165, 1.54) is 22.5 Å². The highest BCUT2D eigenvalue weighted by atomic mass is 33.4. The van der Waals surface area contributed by atoms with Crippen LogP contribution in [0, 0.1) is 0 Å². The van der Waals surface area contributed by atoms with E-state index in [-0.39, 0.29) is 17.3 Å². The van der Waals surface area contributed by atoms with Gasteiger partial charge in [0.05, 0.1) is 10.5 Å². The van der Waals surface area contributed by atoms with Crippen molar-refractivity contribution in [3.05, 3.63) is 28.4 Å². The Balaban J connectivity index is 2.11. The van der Waals surface area contributed by atoms with Gasteiger partial charge in [-0.2, -0.15) is 0 Å². The summed E-state index contributed by atoms with van der Waals surface area (Å²) in [7, 11) is 6.34. The summed E-state index contributed by atoms with van der Waals surface area (Å²) in [4.78, 5) is 24.2. The van der Waals surface area contributed by atoms with Crippen LogP contribution in [0.4, 0.5) is 0 Å². The van der Waals surface area contributed by atoms with Crippen molar-refractivity contribution < 1.29 is 14.3 Å². The molecule has 1 aromatic heterocycles. The summed E-state index contributed by atoms with van der Waals surface area (Å²) in [6.45, 7) is 0. The molecule has 0 unspecified atom stereocenters. The maximum Gasteiger partial charge on any atom is 0.221 e. The van der Waals surface area contributed by atoms with Gasteiger partial charge < -0.3 is 4.74 Å². The van der Waals surface area contributed by atoms with Crippen LogP contribution >= 0.6 is 39.4 Å². The molecule has 0 spiro atoms. The van der Waals surface area contributed by atoms with Gasteiger partial charge in [-0.15, -0.1) is 0 Å². The lowest BCUT2D eigenvalue weighted by atomic mass is 9.97. The maximum absolute atomic E-state index is 11.6. The number of allylic oxidation sites excluding steroid dienone is 3. The Labute approximate surface area is 105 Å². The average molecular weight is 288 g/mol. The van der Waals surface area contributed by atoms with E-state index in [0.29, 0.717) is 12.0 Å². The minimum absolute atomic E-state index is 0.116. The molecule has 7 heteroatoms. The molecular weight excluding hydrogens is 284 g/mol. The molecule has 82 valence electrons. The second kappa shape index (κ2) is 3.92. The first-order valence-electron chi connectivity index (χ1n) is 4.34. The van der Waals surface area contributed by atoms with Crippen LogP contribution < -0.4 is 4.74 Å². The normalized spacial score (nSPS) is 18.0. The van der Waals surface area contributed by atoms with Gasteiger partial charge >= 0.3 is 0 Å². The molecule has 1 aliphatic heterocycles. The van der Waals surface area contributed by atoms with Crippen LogP contribution in [0.25, 0.3) is 0 Å². The fourth-order valence-corrected chi connectivity index (χ4v) is 7.54. The number of ether oxygens (including phenoxy) is 1. The van der Waals surface area contributed by atoms with Crippen molar-refractivity contribution in [3.8, 4) is 5.06 Å². The number of rotatable bonds is 0. The molecule has 3 nitrogen and oxygen atoms in total. The minimum atomic E-state index is -0.213. The van der Waals surface area contributed by atoms with E-state index in [0.717, 1.165) is 9.94 Å². The zero-order chi connectivity index (χ0) is 11.1. The molecule has 16 heavy (non-hydrogen) atoms. The third-order valence-electron chi connectivity index (χ3n) is 2.21. The summed E-state index contributed by atoms with van der Waals surface area (Å²) in [6, 6.07) is 0. The monoisotopic (exact) mass is 288 g/mol. The first kappa shape index (κ1) is 10.4. The van der Waals surface area contributed by atoms with E-state index in [4.69, 9.17) is 4.74 Å². The molecule has 0 saturated heterocycles. The molecule has 0 atom stereocenters. The van der Waals surface area contributed by atoms with Crippen LogP contribution in [-0.4, -0.2) is 11.6 Å². The topological polar surface area (TPSA) is 43.4 Å². The predicted molar refractivity (Wildman–Crippen MR) is 66.1 cm³/mol. The molecular formula is C9H4O3S4. The number of hydrogen-bond donors (Lipinski definition) is 0. The Morgan fingerprint density at radius 2 is 1.81 bits per heavy atom. The minimum Gasteiger partial charge on any atom is -0.440 e. The second-order valence-electron chi connectivity index (χ2n) is 3.16. The molecule has 0 aromatic carbocycles. The molecule has 0 amide bonds. The van der Waals surface area contributed by atoms with Crippen LogP contribution in [0.2, 0.25) is 0 Å². The molecule has 1 aromatic rings. The van der Waals surface area contributed by atoms with E-state index in [9.17, 15) is 9.59 Å². The molecule has 3 rings (SSSR count). The number of carbonyl (C=O) groups excluding carboxylic acids is 2. The maximum atomic E-state index is 11.6. The highest BCUT2D eigenvalue weighted by Gasteiger charge is 2.30. The zero-order valence-electron chi connectivity index (χ0n) is 7.72. The van der Waals surface area contributed by atoms with Crippen LogP contribution in [0.5, 0.6) is 5.06 Å². The number of carbonyl (C=O) groups is 2. The summed E-state index contributed by atoms with van der Waals surface area (Å²) in [5, 5.41) is 0.754. The van der Waals surface area contributed by atoms with Crippen molar-refractivity contribution in [3.63, 3.8) is 0 Å². The number of fused-ring (bicyclic) bond motifs is 1. The summed E-state index contributed by atoms with van der Waals surface area (Å²) in [5.74, 6) is -0.114. The van der Waals surface area contributed by atoms with Crippen molar-refractivity contribution in [2.24, 2.45) is 0 Å². The zero-order valence-corrected chi connectivity index (χ0v) is 11.0. The lowest BCUT2D eigenvalue weighted by Crippen LogP contribution is -2.22. The molecule has 0 N–H and O–H groups in total. The van der Waals surface area contributed by atoms with Crippen molar-refractivity contribution in [2.75, 3.05) is 0 Å². The molecule has 0 bridgehead atoms. The Hall–Kier alpha value is -0.760. The summed E-state index contributed by atoms with van der Waals surface area (Å²) in [5.41, 5.74) is 0.492. The van der Waals surface area contributed by atoms with Crippen LogP contribution in [0.15, 0.2) is 23.5 Å². The van der Waals surface area contributed by atoms with Crippen molar-refractivity contribution in [1.29, 1.82) is 0 Å². The van der Waals surface area contributed by atoms with Gasteiger partial charge in [0, 0.05) is 6.42 Å². The van der Waals surface area contributed by atoms with Gasteiger partial charge in [0.15, 0.2) is 11.5 Å². The Morgan fingerprint density at radius 3 is 2.69 bits per heavy atom. The lowest BCUT2D eigenvalue weighted by Gasteiger charge is -2.20. The SMILES string of the molecule is O=C1C=CC(=O)C2=C1Cc1ssssc1O2. The van der Waals surface area contributed by atoms with Gasteiger partial charge in [0.2, 0.25) is 10.8 Å². The quantitative estimate of drug-likeness (QED) is 0.544. The number of hydrogen-bond acceptors (Lipinski definition) is 7. The van der Waals surface area contributed by atoms with Crippen molar-refractivity contribution in [1.82, 2.24) is 0 Å². The lowest BCUT2D eigenvalue weighted by molar-refractivity contribution is -0.116. The molecule has 1 aliphatic carbocycles. The van der Waals surface area contributed by atoms with Crippen LogP contribution in [0.3, 0.4) is 0 Å². The highest BCUT2D eigenvalue weighted by molar-refractivity contribution is 8.07. The standard InChI is InChI=1S/C9H4O3S4/c10-5-1-2-6(11)8-4(5)3-7-9(12-8)14-16-15-13-7/h1-2H,3H2. The van der Waals surface area contributed by atoms with E-state index in [1.807, 2.05) is 0 Å². The molecule has 2 heterocycles. The van der Waals surface area contributed by atoms with Gasteiger partial charge in [-0.05, 0) is 41.2 Å². The summed E-state index contributed by atoms with van der Waals surface area (Å²) < 4.78 is 5.52. The fraction of sp³-hybridized carbons (Fsp3) is 0.111. The number of ketones is 2. The van der Waals surface area contributed by atoms with Crippen molar-refractivity contribution >= 4 is 50.9 Å². The van der Waals surface area contributed by atoms with Crippen molar-refractivity contribution in [2.45, 2.75) is 6.42 Å². The van der Waals surface area contributed by atoms with Gasteiger partial charge in [0.1, 0.15) is 0 Å². The van der Waals surface area contributed by atoms with E-state index in [2.05, 4.69) is 0 Å².